The van der Waals surface area contributed by atoms with Gasteiger partial charge in [-0.3, -0.25) is 0 Å². The molecule has 1 fully saturated rings. The standard InChI is InChI=1S/C30H60O5/c1-4-6-8-10-12-14-15-17-19-21-23-26(22-20-18-16-13-11-9-7-5-2)24-34-30-29(33)28(32)27(31)25(3)35-30/h25-33H,4-24H2,1-3H3/t25-,26?,27-,28+,29+,30?/m1/s1. The highest BCUT2D eigenvalue weighted by atomic mass is 16.7. The van der Waals surface area contributed by atoms with Crippen LogP contribution in [0.4, 0.5) is 0 Å². The first-order valence-electron chi connectivity index (χ1n) is 15.3. The second kappa shape index (κ2) is 21.8. The van der Waals surface area contributed by atoms with E-state index in [2.05, 4.69) is 13.8 Å². The summed E-state index contributed by atoms with van der Waals surface area (Å²) in [5.41, 5.74) is 0. The summed E-state index contributed by atoms with van der Waals surface area (Å²) in [4.78, 5) is 0. The summed E-state index contributed by atoms with van der Waals surface area (Å²) in [5, 5.41) is 30.3. The zero-order chi connectivity index (χ0) is 25.7. The number of aliphatic hydroxyl groups is 3. The number of unbranched alkanes of at least 4 members (excludes halogenated alkanes) is 16. The molecule has 1 aliphatic rings. The average molecular weight is 501 g/mol. The Labute approximate surface area is 217 Å². The van der Waals surface area contributed by atoms with E-state index in [4.69, 9.17) is 9.47 Å². The summed E-state index contributed by atoms with van der Waals surface area (Å²) < 4.78 is 11.6. The summed E-state index contributed by atoms with van der Waals surface area (Å²) in [6, 6.07) is 0. The van der Waals surface area contributed by atoms with Gasteiger partial charge in [0.05, 0.1) is 12.7 Å². The van der Waals surface area contributed by atoms with Crippen molar-refractivity contribution in [2.24, 2.45) is 5.92 Å². The van der Waals surface area contributed by atoms with Gasteiger partial charge in [-0.1, -0.05) is 129 Å². The van der Waals surface area contributed by atoms with Crippen LogP contribution in [0.15, 0.2) is 0 Å². The minimum atomic E-state index is -1.23. The van der Waals surface area contributed by atoms with E-state index >= 15 is 0 Å². The summed E-state index contributed by atoms with van der Waals surface area (Å²) in [7, 11) is 0. The highest BCUT2D eigenvalue weighted by Crippen LogP contribution is 2.25. The van der Waals surface area contributed by atoms with E-state index in [1.165, 1.54) is 116 Å². The smallest absolute Gasteiger partial charge is 0.186 e. The van der Waals surface area contributed by atoms with Crippen LogP contribution in [0, 0.1) is 5.92 Å². The van der Waals surface area contributed by atoms with Crippen LogP contribution in [0.25, 0.3) is 0 Å². The maximum atomic E-state index is 10.3. The Bertz CT molecular complexity index is 460. The minimum absolute atomic E-state index is 0.458. The molecule has 5 nitrogen and oxygen atoms in total. The third-order valence-electron chi connectivity index (χ3n) is 7.74. The van der Waals surface area contributed by atoms with Crippen LogP contribution in [0.1, 0.15) is 149 Å². The van der Waals surface area contributed by atoms with Crippen LogP contribution >= 0.6 is 0 Å². The van der Waals surface area contributed by atoms with Gasteiger partial charge in [0.2, 0.25) is 0 Å². The molecule has 0 spiro atoms. The average Bonchev–Trinajstić information content (AvgIpc) is 2.86. The fourth-order valence-corrected chi connectivity index (χ4v) is 5.18. The van der Waals surface area contributed by atoms with E-state index < -0.39 is 30.7 Å². The molecule has 1 saturated heterocycles. The molecule has 0 radical (unpaired) electrons. The lowest BCUT2D eigenvalue weighted by Gasteiger charge is -2.39. The maximum Gasteiger partial charge on any atom is 0.186 e. The van der Waals surface area contributed by atoms with Gasteiger partial charge in [0.25, 0.3) is 0 Å². The molecule has 5 heteroatoms. The van der Waals surface area contributed by atoms with Crippen LogP contribution in [-0.2, 0) is 9.47 Å². The molecule has 35 heavy (non-hydrogen) atoms. The zero-order valence-corrected chi connectivity index (χ0v) is 23.5. The second-order valence-corrected chi connectivity index (χ2v) is 11.1. The lowest BCUT2D eigenvalue weighted by atomic mass is 9.94. The molecule has 6 atom stereocenters. The van der Waals surface area contributed by atoms with E-state index in [1.807, 2.05) is 0 Å². The highest BCUT2D eigenvalue weighted by molar-refractivity contribution is 4.87. The normalized spacial score (nSPS) is 25.7. The van der Waals surface area contributed by atoms with Crippen molar-refractivity contribution in [2.75, 3.05) is 6.61 Å². The van der Waals surface area contributed by atoms with Crippen molar-refractivity contribution in [2.45, 2.75) is 180 Å². The maximum absolute atomic E-state index is 10.3. The first-order chi connectivity index (χ1) is 17.0. The number of rotatable bonds is 23. The van der Waals surface area contributed by atoms with Crippen molar-refractivity contribution in [1.29, 1.82) is 0 Å². The van der Waals surface area contributed by atoms with Crippen LogP contribution in [0.5, 0.6) is 0 Å². The Balaban J connectivity index is 2.30. The molecule has 2 unspecified atom stereocenters. The summed E-state index contributed by atoms with van der Waals surface area (Å²) in [6.45, 7) is 6.78. The monoisotopic (exact) mass is 500 g/mol. The third kappa shape index (κ3) is 15.6. The molecule has 1 rings (SSSR count). The molecular weight excluding hydrogens is 440 g/mol. The van der Waals surface area contributed by atoms with E-state index in [0.29, 0.717) is 12.5 Å². The summed E-state index contributed by atoms with van der Waals surface area (Å²) >= 11 is 0. The number of ether oxygens (including phenoxy) is 2. The molecule has 0 amide bonds. The lowest BCUT2D eigenvalue weighted by molar-refractivity contribution is -0.295. The fourth-order valence-electron chi connectivity index (χ4n) is 5.18. The molecule has 3 N–H and O–H groups in total. The molecule has 0 aromatic carbocycles. The molecule has 1 aliphatic heterocycles. The van der Waals surface area contributed by atoms with E-state index in [1.54, 1.807) is 6.92 Å². The number of hydrogen-bond donors (Lipinski definition) is 3. The number of hydrogen-bond acceptors (Lipinski definition) is 5. The number of aliphatic hydroxyl groups excluding tert-OH is 3. The topological polar surface area (TPSA) is 79.2 Å². The van der Waals surface area contributed by atoms with Gasteiger partial charge in [-0.15, -0.1) is 0 Å². The molecule has 210 valence electrons. The van der Waals surface area contributed by atoms with Crippen LogP contribution < -0.4 is 0 Å². The lowest BCUT2D eigenvalue weighted by Crippen LogP contribution is -2.57. The van der Waals surface area contributed by atoms with Gasteiger partial charge in [-0.2, -0.15) is 0 Å². The van der Waals surface area contributed by atoms with Gasteiger partial charge < -0.3 is 24.8 Å². The first kappa shape index (κ1) is 32.8. The first-order valence-corrected chi connectivity index (χ1v) is 15.3. The Morgan fingerprint density at radius 1 is 0.571 bits per heavy atom. The molecule has 0 aliphatic carbocycles. The van der Waals surface area contributed by atoms with Gasteiger partial charge in [-0.25, -0.2) is 0 Å². The van der Waals surface area contributed by atoms with Gasteiger partial charge in [0.1, 0.15) is 18.3 Å². The Morgan fingerprint density at radius 3 is 1.40 bits per heavy atom. The molecule has 0 aromatic rings. The van der Waals surface area contributed by atoms with E-state index in [-0.39, 0.29) is 0 Å². The highest BCUT2D eigenvalue weighted by Gasteiger charge is 2.42. The van der Waals surface area contributed by atoms with Crippen LogP contribution in [0.3, 0.4) is 0 Å². The largest absolute Gasteiger partial charge is 0.388 e. The van der Waals surface area contributed by atoms with Gasteiger partial charge in [-0.05, 0) is 25.7 Å². The van der Waals surface area contributed by atoms with Crippen molar-refractivity contribution in [3.8, 4) is 0 Å². The van der Waals surface area contributed by atoms with Crippen LogP contribution in [0.2, 0.25) is 0 Å². The molecular formula is C30H60O5. The predicted molar refractivity (Wildman–Crippen MR) is 145 cm³/mol. The molecule has 1 heterocycles. The molecule has 0 bridgehead atoms. The quantitative estimate of drug-likeness (QED) is 0.128. The molecule has 0 saturated carbocycles. The Morgan fingerprint density at radius 2 is 0.971 bits per heavy atom. The SMILES string of the molecule is CCCCCCCCCCCCC(CCCCCCCCCC)COC1O[C@H](C)[C@@H](O)[C@H](O)[C@@H]1O. The third-order valence-corrected chi connectivity index (χ3v) is 7.74. The van der Waals surface area contributed by atoms with Crippen molar-refractivity contribution < 1.29 is 24.8 Å². The van der Waals surface area contributed by atoms with Crippen molar-refractivity contribution in [1.82, 2.24) is 0 Å². The van der Waals surface area contributed by atoms with Crippen molar-refractivity contribution in [3.63, 3.8) is 0 Å². The summed E-state index contributed by atoms with van der Waals surface area (Å²) in [6.07, 6.45) is 21.4. The van der Waals surface area contributed by atoms with E-state index in [0.717, 1.165) is 12.8 Å². The Hall–Kier alpha value is -0.200. The fraction of sp³-hybridized carbons (Fsp3) is 1.00. The van der Waals surface area contributed by atoms with Crippen molar-refractivity contribution in [3.05, 3.63) is 0 Å². The zero-order valence-electron chi connectivity index (χ0n) is 23.5. The van der Waals surface area contributed by atoms with Gasteiger partial charge >= 0.3 is 0 Å². The Kier molecular flexibility index (Phi) is 20.5. The van der Waals surface area contributed by atoms with Gasteiger partial charge in [0.15, 0.2) is 6.29 Å². The minimum Gasteiger partial charge on any atom is -0.388 e. The van der Waals surface area contributed by atoms with Gasteiger partial charge in [0, 0.05) is 0 Å². The summed E-state index contributed by atoms with van der Waals surface area (Å²) in [5.74, 6) is 0.458. The predicted octanol–water partition coefficient (Wildman–Crippen LogP) is 7.29. The van der Waals surface area contributed by atoms with E-state index in [9.17, 15) is 15.3 Å². The van der Waals surface area contributed by atoms with Crippen molar-refractivity contribution >= 4 is 0 Å². The second-order valence-electron chi connectivity index (χ2n) is 11.1. The van der Waals surface area contributed by atoms with Crippen LogP contribution in [-0.4, -0.2) is 52.6 Å². The molecule has 0 aromatic heterocycles.